The Hall–Kier alpha value is -14.5. The van der Waals surface area contributed by atoms with Crippen molar-refractivity contribution in [3.05, 3.63) is 469 Å². The number of aromatic nitrogens is 18. The molecule has 654 valence electrons. The van der Waals surface area contributed by atoms with Gasteiger partial charge in [-0.05, 0) is 229 Å². The topological polar surface area (TPSA) is 239 Å². The number of rotatable bonds is 12. The molecule has 0 saturated heterocycles. The van der Waals surface area contributed by atoms with Crippen molar-refractivity contribution in [1.82, 2.24) is 89.7 Å². The maximum absolute atomic E-state index is 4.72. The van der Waals surface area contributed by atoms with E-state index in [0.29, 0.717) is 0 Å². The molecule has 20 heteroatoms. The van der Waals surface area contributed by atoms with Crippen LogP contribution in [-0.4, -0.2) is 59.8 Å². The Morgan fingerprint density at radius 2 is 0.187 bits per heavy atom. The Labute approximate surface area is 841 Å². The molecule has 0 atom stereocenters. The average Bonchev–Trinajstić information content (AvgIpc) is 1.68. The smallest absolute Gasteiger partial charge is 0.654 e. The normalized spacial score (nSPS) is 10.1. The Kier molecular flexibility index (Phi) is 38.8. The van der Waals surface area contributed by atoms with Gasteiger partial charge in [-0.3, -0.25) is 59.8 Å². The first-order chi connectivity index (χ1) is 64.6. The second kappa shape index (κ2) is 51.9. The van der Waals surface area contributed by atoms with Crippen LogP contribution in [0.15, 0.2) is 402 Å². The van der Waals surface area contributed by atoms with Crippen LogP contribution in [0.4, 0.5) is 0 Å². The average molecular weight is 2000 g/mol. The number of hydrogen-bond acceptors (Lipinski definition) is 12. The first-order valence-corrected chi connectivity index (χ1v) is 43.4. The number of pyridine rings is 12. The SMILES string of the molecule is Cc1c(-c2ccccn2)[n-]c(-c2ccccn2)c1C.Cc1c(-c2ccccn2)[n-]c(-c2ccccn2)c1C.Cc1c(-c2ccccn2)[n-]c(-c2ccccn2)c1C.Cc1c(-c2ccccn2)[n-]c(-c2ccccn2)c1C.Cc1c(-c2ccccn2)[n-]c(-c2ccccn2)c1C.Cc1c(-c2ccccn2)[n-]c(-c2ccccn2)c1C.[La+3].[La+3].c1ccccc1.c1ccccc1.c1ccccc1. The van der Waals surface area contributed by atoms with Crippen molar-refractivity contribution in [2.75, 3.05) is 0 Å². The maximum atomic E-state index is 4.72. The van der Waals surface area contributed by atoms with Crippen LogP contribution in [0.3, 0.4) is 0 Å². The summed E-state index contributed by atoms with van der Waals surface area (Å²) in [6, 6.07) is 106. The summed E-state index contributed by atoms with van der Waals surface area (Å²) in [6.45, 7) is 25.0. The zero-order chi connectivity index (χ0) is 92.2. The van der Waals surface area contributed by atoms with E-state index in [2.05, 4.69) is 143 Å². The predicted molar refractivity (Wildman–Crippen MR) is 534 cm³/mol. The molecule has 0 aliphatic rings. The standard InChI is InChI=1S/6C16H14N3.3C6H6.2La/c6*1-11-12(2)16(14-8-4-6-10-18-14)19-15(11)13-7-3-5-9-17-13;3*1-2-4-6-5-3-1;;/h6*3-10H,1-2H3;3*1-6H;;/q6*-1;;;;2*+3. The minimum Gasteiger partial charge on any atom is -0.654 e. The molecule has 18 nitrogen and oxygen atoms in total. The summed E-state index contributed by atoms with van der Waals surface area (Å²) < 4.78 is 0. The van der Waals surface area contributed by atoms with Crippen LogP contribution < -0.4 is 29.9 Å². The summed E-state index contributed by atoms with van der Waals surface area (Å²) in [4.78, 5) is 80.8. The molecule has 0 aliphatic heterocycles. The number of benzene rings is 3. The van der Waals surface area contributed by atoms with E-state index in [1.54, 1.807) is 74.4 Å². The third-order valence-corrected chi connectivity index (χ3v) is 21.9. The minimum atomic E-state index is 0. The Morgan fingerprint density at radius 3 is 0.246 bits per heavy atom. The molecule has 3 aromatic carbocycles. The summed E-state index contributed by atoms with van der Waals surface area (Å²) in [5.41, 5.74) is 36.2. The van der Waals surface area contributed by atoms with Crippen LogP contribution in [0.25, 0.3) is 137 Å². The van der Waals surface area contributed by atoms with Crippen molar-refractivity contribution in [1.29, 1.82) is 0 Å². The molecule has 18 heterocycles. The largest absolute Gasteiger partial charge is 3.00 e. The van der Waals surface area contributed by atoms with Gasteiger partial charge in [0, 0.05) is 143 Å². The summed E-state index contributed by atoms with van der Waals surface area (Å²) in [5.74, 6) is 0. The molecule has 134 heavy (non-hydrogen) atoms. The van der Waals surface area contributed by atoms with E-state index >= 15 is 0 Å². The predicted octanol–water partition coefficient (Wildman–Crippen LogP) is 25.4. The van der Waals surface area contributed by atoms with Gasteiger partial charge in [0.15, 0.2) is 0 Å². The van der Waals surface area contributed by atoms with Crippen molar-refractivity contribution in [2.45, 2.75) is 83.1 Å². The van der Waals surface area contributed by atoms with Crippen molar-refractivity contribution in [2.24, 2.45) is 0 Å². The van der Waals surface area contributed by atoms with Crippen LogP contribution in [-0.2, 0) is 0 Å². The van der Waals surface area contributed by atoms with Gasteiger partial charge in [0.1, 0.15) is 0 Å². The van der Waals surface area contributed by atoms with Gasteiger partial charge in [-0.15, -0.1) is 68.3 Å². The minimum absolute atomic E-state index is 0. The van der Waals surface area contributed by atoms with Crippen molar-refractivity contribution in [3.8, 4) is 137 Å². The van der Waals surface area contributed by atoms with Gasteiger partial charge in [-0.1, -0.05) is 249 Å². The third kappa shape index (κ3) is 26.9. The van der Waals surface area contributed by atoms with Crippen molar-refractivity contribution >= 4 is 0 Å². The molecule has 0 unspecified atom stereocenters. The quantitative estimate of drug-likeness (QED) is 0.110. The molecular formula is C114H102La2N18. The molecule has 0 fully saturated rings. The molecule has 0 bridgehead atoms. The van der Waals surface area contributed by atoms with E-state index < -0.39 is 0 Å². The van der Waals surface area contributed by atoms with Gasteiger partial charge in [0.25, 0.3) is 0 Å². The molecule has 0 amide bonds. The van der Waals surface area contributed by atoms with Crippen LogP contribution in [0.5, 0.6) is 0 Å². The molecule has 0 aliphatic carbocycles. The fourth-order valence-electron chi connectivity index (χ4n) is 14.0. The van der Waals surface area contributed by atoms with Crippen LogP contribution in [0, 0.1) is 154 Å². The zero-order valence-corrected chi connectivity index (χ0v) is 84.6. The molecular weight excluding hydrogens is 1900 g/mol. The molecule has 21 aromatic rings. The fourth-order valence-corrected chi connectivity index (χ4v) is 14.0. The third-order valence-electron chi connectivity index (χ3n) is 21.9. The van der Waals surface area contributed by atoms with E-state index in [9.17, 15) is 0 Å². The van der Waals surface area contributed by atoms with E-state index in [0.717, 1.165) is 137 Å². The van der Waals surface area contributed by atoms with Gasteiger partial charge >= 0.3 is 71.2 Å². The van der Waals surface area contributed by atoms with Crippen molar-refractivity contribution < 1.29 is 71.2 Å². The summed E-state index contributed by atoms with van der Waals surface area (Å²) >= 11 is 0. The monoisotopic (exact) mass is 2000 g/mol. The summed E-state index contributed by atoms with van der Waals surface area (Å²) in [7, 11) is 0. The van der Waals surface area contributed by atoms with Gasteiger partial charge in [0.05, 0.1) is 0 Å². The van der Waals surface area contributed by atoms with E-state index in [4.69, 9.17) is 29.9 Å². The van der Waals surface area contributed by atoms with Gasteiger partial charge < -0.3 is 29.9 Å². The first kappa shape index (κ1) is 100. The molecule has 18 aromatic heterocycles. The summed E-state index contributed by atoms with van der Waals surface area (Å²) in [5, 5.41) is 0. The van der Waals surface area contributed by atoms with Crippen LogP contribution in [0.2, 0.25) is 0 Å². The zero-order valence-electron chi connectivity index (χ0n) is 77.3. The van der Waals surface area contributed by atoms with E-state index in [-0.39, 0.29) is 71.2 Å². The van der Waals surface area contributed by atoms with Crippen LogP contribution >= 0.6 is 0 Å². The molecule has 21 rings (SSSR count). The van der Waals surface area contributed by atoms with Gasteiger partial charge in [0.2, 0.25) is 0 Å². The van der Waals surface area contributed by atoms with Gasteiger partial charge in [-0.25, -0.2) is 0 Å². The molecule has 0 N–H and O–H groups in total. The second-order valence-corrected chi connectivity index (χ2v) is 30.4. The Balaban J connectivity index is 0.000000148. The van der Waals surface area contributed by atoms with E-state index in [1.165, 1.54) is 66.8 Å². The van der Waals surface area contributed by atoms with E-state index in [1.807, 2.05) is 328 Å². The molecule has 0 saturated carbocycles. The molecule has 0 spiro atoms. The Bertz CT molecular complexity index is 5460. The maximum Gasteiger partial charge on any atom is 3.00 e. The number of nitrogens with zero attached hydrogens (tertiary/aromatic N) is 18. The van der Waals surface area contributed by atoms with Gasteiger partial charge in [-0.2, -0.15) is 0 Å². The first-order valence-electron chi connectivity index (χ1n) is 43.4. The van der Waals surface area contributed by atoms with Crippen molar-refractivity contribution in [3.63, 3.8) is 0 Å². The summed E-state index contributed by atoms with van der Waals surface area (Å²) in [6.07, 6.45) is 21.5. The fraction of sp³-hybridized carbons (Fsp3) is 0.105. The molecule has 0 radical (unpaired) electrons. The second-order valence-electron chi connectivity index (χ2n) is 30.4. The van der Waals surface area contributed by atoms with Crippen LogP contribution in [0.1, 0.15) is 66.8 Å². The number of hydrogen-bond donors (Lipinski definition) is 0. The Morgan fingerprint density at radius 1 is 0.112 bits per heavy atom.